The van der Waals surface area contributed by atoms with E-state index in [0.29, 0.717) is 0 Å². The zero-order valence-electron chi connectivity index (χ0n) is 15.2. The number of hydrogen-bond donors (Lipinski definition) is 2. The number of hydrogen-bond acceptors (Lipinski definition) is 3. The molecule has 2 aromatic rings. The number of fused-ring (bicyclic) bond motifs is 1. The molecule has 1 saturated heterocycles. The Labute approximate surface area is 163 Å². The van der Waals surface area contributed by atoms with Crippen LogP contribution >= 0.6 is 11.8 Å². The van der Waals surface area contributed by atoms with Crippen LogP contribution in [0.2, 0.25) is 0 Å². The molecule has 140 valence electrons. The van der Waals surface area contributed by atoms with Crippen molar-refractivity contribution in [3.8, 4) is 0 Å². The lowest BCUT2D eigenvalue weighted by Gasteiger charge is -2.33. The van der Waals surface area contributed by atoms with Gasteiger partial charge in [-0.25, -0.2) is 0 Å². The van der Waals surface area contributed by atoms with Crippen LogP contribution in [0.15, 0.2) is 59.5 Å². The molecular formula is C21H24N3O2S+. The van der Waals surface area contributed by atoms with Crippen molar-refractivity contribution in [2.75, 3.05) is 31.5 Å². The normalized spacial score (nSPS) is 20.1. The van der Waals surface area contributed by atoms with Gasteiger partial charge in [-0.2, -0.15) is 0 Å². The number of carbonyl (C=O) groups is 2. The van der Waals surface area contributed by atoms with Crippen molar-refractivity contribution in [1.29, 1.82) is 0 Å². The average molecular weight is 383 g/mol. The second kappa shape index (κ2) is 8.15. The number of rotatable bonds is 4. The van der Waals surface area contributed by atoms with Crippen LogP contribution in [0.25, 0.3) is 0 Å². The van der Waals surface area contributed by atoms with E-state index >= 15 is 0 Å². The Bertz CT molecular complexity index is 819. The van der Waals surface area contributed by atoms with E-state index in [9.17, 15) is 9.59 Å². The van der Waals surface area contributed by atoms with Gasteiger partial charge in [0.15, 0.2) is 0 Å². The van der Waals surface area contributed by atoms with E-state index in [0.717, 1.165) is 43.3 Å². The number of amides is 2. The standard InChI is InChI=1S/C21H23N3O2S/c25-20(14-19-21(26)22-17-8-4-5-9-18(17)27-19)24-12-10-23(11-13-24)15-16-6-2-1-3-7-16/h1-9,19H,10-15H2,(H,22,26)/p+1/t19-/m0/s1. The Morgan fingerprint density at radius 3 is 2.56 bits per heavy atom. The molecule has 0 bridgehead atoms. The fourth-order valence-electron chi connectivity index (χ4n) is 3.65. The van der Waals surface area contributed by atoms with Crippen molar-refractivity contribution in [3.63, 3.8) is 0 Å². The van der Waals surface area contributed by atoms with Gasteiger partial charge in [0.25, 0.3) is 0 Å². The number of piperazine rings is 1. The number of nitrogens with one attached hydrogen (secondary N) is 2. The summed E-state index contributed by atoms with van der Waals surface area (Å²) in [5, 5.41) is 2.57. The van der Waals surface area contributed by atoms with Gasteiger partial charge in [0.1, 0.15) is 6.54 Å². The highest BCUT2D eigenvalue weighted by molar-refractivity contribution is 8.01. The molecule has 2 N–H and O–H groups in total. The molecular weight excluding hydrogens is 358 g/mol. The summed E-state index contributed by atoms with van der Waals surface area (Å²) in [6.45, 7) is 4.43. The fraction of sp³-hybridized carbons (Fsp3) is 0.333. The molecule has 0 aliphatic carbocycles. The molecule has 0 spiro atoms. The topological polar surface area (TPSA) is 53.9 Å². The third kappa shape index (κ3) is 4.34. The summed E-state index contributed by atoms with van der Waals surface area (Å²) in [5.41, 5.74) is 2.18. The highest BCUT2D eigenvalue weighted by Crippen LogP contribution is 2.36. The average Bonchev–Trinajstić information content (AvgIpc) is 2.70. The highest BCUT2D eigenvalue weighted by Gasteiger charge is 2.32. The van der Waals surface area contributed by atoms with Crippen molar-refractivity contribution < 1.29 is 14.5 Å². The van der Waals surface area contributed by atoms with Crippen molar-refractivity contribution >= 4 is 29.3 Å². The Morgan fingerprint density at radius 1 is 1.07 bits per heavy atom. The van der Waals surface area contributed by atoms with E-state index in [1.165, 1.54) is 22.2 Å². The van der Waals surface area contributed by atoms with Gasteiger partial charge in [0, 0.05) is 16.9 Å². The number of anilines is 1. The maximum absolute atomic E-state index is 12.7. The largest absolute Gasteiger partial charge is 0.331 e. The summed E-state index contributed by atoms with van der Waals surface area (Å²) in [6.07, 6.45) is 0.263. The maximum Gasteiger partial charge on any atom is 0.238 e. The first-order valence-electron chi connectivity index (χ1n) is 9.41. The second-order valence-corrected chi connectivity index (χ2v) is 8.33. The van der Waals surface area contributed by atoms with E-state index < -0.39 is 0 Å². The highest BCUT2D eigenvalue weighted by atomic mass is 32.2. The molecule has 2 aliphatic heterocycles. The van der Waals surface area contributed by atoms with Gasteiger partial charge in [-0.05, 0) is 12.1 Å². The molecule has 5 nitrogen and oxygen atoms in total. The Morgan fingerprint density at radius 2 is 1.78 bits per heavy atom. The van der Waals surface area contributed by atoms with Gasteiger partial charge in [-0.3, -0.25) is 9.59 Å². The Balaban J connectivity index is 1.29. The maximum atomic E-state index is 12.7. The van der Waals surface area contributed by atoms with Gasteiger partial charge < -0.3 is 15.1 Å². The van der Waals surface area contributed by atoms with E-state index in [4.69, 9.17) is 0 Å². The van der Waals surface area contributed by atoms with Crippen LogP contribution < -0.4 is 10.2 Å². The van der Waals surface area contributed by atoms with Gasteiger partial charge in [-0.15, -0.1) is 11.8 Å². The molecule has 2 heterocycles. The van der Waals surface area contributed by atoms with Crippen molar-refractivity contribution in [2.45, 2.75) is 23.1 Å². The van der Waals surface area contributed by atoms with Gasteiger partial charge in [0.05, 0.1) is 37.1 Å². The fourth-order valence-corrected chi connectivity index (χ4v) is 4.75. The number of nitrogens with zero attached hydrogens (tertiary/aromatic N) is 1. The predicted molar refractivity (Wildman–Crippen MR) is 107 cm³/mol. The molecule has 4 rings (SSSR count). The van der Waals surface area contributed by atoms with Crippen LogP contribution in [0.5, 0.6) is 0 Å². The third-order valence-electron chi connectivity index (χ3n) is 5.19. The first-order chi connectivity index (χ1) is 13.2. The van der Waals surface area contributed by atoms with Crippen LogP contribution in [0.1, 0.15) is 12.0 Å². The van der Waals surface area contributed by atoms with E-state index in [-0.39, 0.29) is 23.5 Å². The SMILES string of the molecule is O=C1Nc2ccccc2S[C@H]1CC(=O)N1CC[NH+](Cc2ccccc2)CC1. The Hall–Kier alpha value is -2.31. The second-order valence-electron chi connectivity index (χ2n) is 7.09. The molecule has 0 radical (unpaired) electrons. The lowest BCUT2D eigenvalue weighted by molar-refractivity contribution is -0.917. The summed E-state index contributed by atoms with van der Waals surface area (Å²) in [4.78, 5) is 29.5. The minimum Gasteiger partial charge on any atom is -0.331 e. The van der Waals surface area contributed by atoms with Crippen LogP contribution in [0.4, 0.5) is 5.69 Å². The van der Waals surface area contributed by atoms with Crippen LogP contribution in [-0.4, -0.2) is 48.1 Å². The van der Waals surface area contributed by atoms with Crippen LogP contribution in [0.3, 0.4) is 0 Å². The van der Waals surface area contributed by atoms with E-state index in [1.54, 1.807) is 0 Å². The minimum absolute atomic E-state index is 0.0691. The number of carbonyl (C=O) groups excluding carboxylic acids is 2. The quantitative estimate of drug-likeness (QED) is 0.841. The van der Waals surface area contributed by atoms with Crippen molar-refractivity contribution in [2.24, 2.45) is 0 Å². The molecule has 6 heteroatoms. The summed E-state index contributed by atoms with van der Waals surface area (Å²) in [7, 11) is 0. The molecule has 2 aliphatic rings. The number of quaternary nitrogens is 1. The van der Waals surface area contributed by atoms with Gasteiger partial charge >= 0.3 is 0 Å². The smallest absolute Gasteiger partial charge is 0.238 e. The molecule has 2 aromatic carbocycles. The predicted octanol–water partition coefficient (Wildman–Crippen LogP) is 1.42. The summed E-state index contributed by atoms with van der Waals surface area (Å²) in [5.74, 6) is 0.0150. The first-order valence-corrected chi connectivity index (χ1v) is 10.3. The molecule has 1 atom stereocenters. The lowest BCUT2D eigenvalue weighted by atomic mass is 10.2. The minimum atomic E-state index is -0.345. The first kappa shape index (κ1) is 18.1. The third-order valence-corrected chi connectivity index (χ3v) is 6.46. The van der Waals surface area contributed by atoms with Crippen molar-refractivity contribution in [3.05, 3.63) is 60.2 Å². The van der Waals surface area contributed by atoms with Crippen molar-refractivity contribution in [1.82, 2.24) is 4.90 Å². The molecule has 0 saturated carbocycles. The number of para-hydroxylation sites is 1. The van der Waals surface area contributed by atoms with Crippen LogP contribution in [0, 0.1) is 0 Å². The molecule has 27 heavy (non-hydrogen) atoms. The van der Waals surface area contributed by atoms with E-state index in [1.807, 2.05) is 35.2 Å². The summed E-state index contributed by atoms with van der Waals surface area (Å²) >= 11 is 1.50. The lowest BCUT2D eigenvalue weighted by Crippen LogP contribution is -3.13. The zero-order chi connectivity index (χ0) is 18.6. The summed E-state index contributed by atoms with van der Waals surface area (Å²) < 4.78 is 0. The monoisotopic (exact) mass is 382 g/mol. The van der Waals surface area contributed by atoms with E-state index in [2.05, 4.69) is 29.6 Å². The van der Waals surface area contributed by atoms with Gasteiger partial charge in [0.2, 0.25) is 11.8 Å². The molecule has 2 amide bonds. The molecule has 1 fully saturated rings. The van der Waals surface area contributed by atoms with Crippen LogP contribution in [-0.2, 0) is 16.1 Å². The number of thioether (sulfide) groups is 1. The summed E-state index contributed by atoms with van der Waals surface area (Å²) in [6, 6.07) is 18.2. The Kier molecular flexibility index (Phi) is 5.45. The zero-order valence-corrected chi connectivity index (χ0v) is 16.0. The van der Waals surface area contributed by atoms with Gasteiger partial charge in [-0.1, -0.05) is 42.5 Å². The molecule has 0 aromatic heterocycles. The number of benzene rings is 2. The molecule has 0 unspecified atom stereocenters.